The summed E-state index contributed by atoms with van der Waals surface area (Å²) < 4.78 is 12.2. The van der Waals surface area contributed by atoms with Crippen LogP contribution in [0.15, 0.2) is 22.7 Å². The van der Waals surface area contributed by atoms with Crippen LogP contribution in [0, 0.1) is 0 Å². The molecule has 0 aliphatic heterocycles. The number of hydrogen-bond donors (Lipinski definition) is 1. The highest BCUT2D eigenvalue weighted by atomic mass is 79.9. The monoisotopic (exact) mass is 323 g/mol. The number of halogens is 2. The minimum absolute atomic E-state index is 0.697. The highest BCUT2D eigenvalue weighted by molar-refractivity contribution is 9.10. The van der Waals surface area contributed by atoms with E-state index in [0.717, 1.165) is 27.4 Å². The molecule has 0 saturated carbocycles. The topological polar surface area (TPSA) is 29.1 Å². The standard InChI is InChI=1S/C11H15BrClNOS/c1-2-16(15)6-5-14-8-9-3-4-10(12)7-11(9)13/h3-4,7,14H,2,5-6,8H2,1H3. The lowest BCUT2D eigenvalue weighted by Crippen LogP contribution is -2.20. The normalized spacial score (nSPS) is 12.7. The lowest BCUT2D eigenvalue weighted by Gasteiger charge is -2.06. The molecule has 1 N–H and O–H groups in total. The van der Waals surface area contributed by atoms with Crippen LogP contribution in [-0.2, 0) is 17.3 Å². The largest absolute Gasteiger partial charge is 0.312 e. The maximum atomic E-state index is 11.2. The van der Waals surface area contributed by atoms with Crippen LogP contribution in [0.4, 0.5) is 0 Å². The summed E-state index contributed by atoms with van der Waals surface area (Å²) in [5.41, 5.74) is 1.06. The summed E-state index contributed by atoms with van der Waals surface area (Å²) in [5.74, 6) is 1.42. The average Bonchev–Trinajstić information content (AvgIpc) is 2.26. The first-order valence-electron chi connectivity index (χ1n) is 5.13. The van der Waals surface area contributed by atoms with Crippen molar-refractivity contribution in [2.24, 2.45) is 0 Å². The first kappa shape index (κ1) is 14.2. The highest BCUT2D eigenvalue weighted by Gasteiger charge is 2.01. The van der Waals surface area contributed by atoms with E-state index in [0.29, 0.717) is 12.3 Å². The van der Waals surface area contributed by atoms with Crippen molar-refractivity contribution in [3.8, 4) is 0 Å². The summed E-state index contributed by atoms with van der Waals surface area (Å²) in [5, 5.41) is 3.98. The smallest absolute Gasteiger partial charge is 0.0462 e. The molecule has 0 radical (unpaired) electrons. The van der Waals surface area contributed by atoms with Gasteiger partial charge in [-0.2, -0.15) is 0 Å². The van der Waals surface area contributed by atoms with E-state index in [1.807, 2.05) is 25.1 Å². The molecule has 0 saturated heterocycles. The Kier molecular flexibility index (Phi) is 6.58. The fraction of sp³-hybridized carbons (Fsp3) is 0.455. The van der Waals surface area contributed by atoms with E-state index >= 15 is 0 Å². The Hall–Kier alpha value is 0.1000. The molecule has 1 unspecified atom stereocenters. The van der Waals surface area contributed by atoms with E-state index in [-0.39, 0.29) is 0 Å². The molecule has 1 aromatic rings. The summed E-state index contributed by atoms with van der Waals surface area (Å²) in [6.45, 7) is 3.40. The molecule has 90 valence electrons. The molecular weight excluding hydrogens is 310 g/mol. The first-order chi connectivity index (χ1) is 7.63. The molecule has 2 nitrogen and oxygen atoms in total. The lowest BCUT2D eigenvalue weighted by molar-refractivity contribution is 0.674. The minimum atomic E-state index is -0.697. The Morgan fingerprint density at radius 3 is 2.88 bits per heavy atom. The van der Waals surface area contributed by atoms with Gasteiger partial charge in [0.2, 0.25) is 0 Å². The van der Waals surface area contributed by atoms with Gasteiger partial charge in [-0.25, -0.2) is 0 Å². The zero-order valence-electron chi connectivity index (χ0n) is 9.13. The molecule has 0 aromatic heterocycles. The number of hydrogen-bond acceptors (Lipinski definition) is 2. The van der Waals surface area contributed by atoms with Crippen molar-refractivity contribution in [3.63, 3.8) is 0 Å². The predicted molar refractivity (Wildman–Crippen MR) is 74.4 cm³/mol. The van der Waals surface area contributed by atoms with Crippen LogP contribution in [0.5, 0.6) is 0 Å². The molecule has 0 fully saturated rings. The fourth-order valence-electron chi connectivity index (χ4n) is 1.22. The van der Waals surface area contributed by atoms with E-state index in [4.69, 9.17) is 11.6 Å². The summed E-state index contributed by atoms with van der Waals surface area (Å²) in [6.07, 6.45) is 0. The van der Waals surface area contributed by atoms with Gasteiger partial charge >= 0.3 is 0 Å². The van der Waals surface area contributed by atoms with Gasteiger partial charge in [-0.15, -0.1) is 0 Å². The molecule has 0 spiro atoms. The van der Waals surface area contributed by atoms with Gasteiger partial charge in [0.25, 0.3) is 0 Å². The van der Waals surface area contributed by atoms with Gasteiger partial charge in [0, 0.05) is 44.9 Å². The second-order valence-electron chi connectivity index (χ2n) is 3.35. The fourth-order valence-corrected chi connectivity index (χ4v) is 2.62. The molecule has 5 heteroatoms. The Morgan fingerprint density at radius 2 is 2.25 bits per heavy atom. The summed E-state index contributed by atoms with van der Waals surface area (Å²) >= 11 is 9.43. The predicted octanol–water partition coefficient (Wildman–Crippen LogP) is 2.96. The molecule has 1 atom stereocenters. The van der Waals surface area contributed by atoms with Crippen LogP contribution >= 0.6 is 27.5 Å². The van der Waals surface area contributed by atoms with Crippen molar-refractivity contribution in [2.75, 3.05) is 18.1 Å². The van der Waals surface area contributed by atoms with Gasteiger partial charge in [-0.3, -0.25) is 4.21 Å². The van der Waals surface area contributed by atoms with E-state index in [9.17, 15) is 4.21 Å². The zero-order valence-corrected chi connectivity index (χ0v) is 12.3. The van der Waals surface area contributed by atoms with Crippen molar-refractivity contribution in [1.82, 2.24) is 5.32 Å². The van der Waals surface area contributed by atoms with Crippen molar-refractivity contribution in [3.05, 3.63) is 33.3 Å². The number of rotatable bonds is 6. The highest BCUT2D eigenvalue weighted by Crippen LogP contribution is 2.20. The Balaban J connectivity index is 2.35. The van der Waals surface area contributed by atoms with Crippen molar-refractivity contribution >= 4 is 38.3 Å². The van der Waals surface area contributed by atoms with Gasteiger partial charge in [-0.05, 0) is 17.7 Å². The lowest BCUT2D eigenvalue weighted by atomic mass is 10.2. The third-order valence-electron chi connectivity index (χ3n) is 2.16. The minimum Gasteiger partial charge on any atom is -0.312 e. The third kappa shape index (κ3) is 4.95. The first-order valence-corrected chi connectivity index (χ1v) is 7.79. The third-order valence-corrected chi connectivity index (χ3v) is 4.31. The van der Waals surface area contributed by atoms with Gasteiger partial charge in [0.15, 0.2) is 0 Å². The molecule has 0 aliphatic rings. The maximum absolute atomic E-state index is 11.2. The van der Waals surface area contributed by atoms with Crippen LogP contribution in [0.1, 0.15) is 12.5 Å². The average molecular weight is 325 g/mol. The molecule has 16 heavy (non-hydrogen) atoms. The van der Waals surface area contributed by atoms with E-state index < -0.39 is 10.8 Å². The maximum Gasteiger partial charge on any atom is 0.0462 e. The molecule has 0 aliphatic carbocycles. The van der Waals surface area contributed by atoms with Crippen molar-refractivity contribution < 1.29 is 4.21 Å². The van der Waals surface area contributed by atoms with Crippen LogP contribution in [0.2, 0.25) is 5.02 Å². The molecule has 0 heterocycles. The van der Waals surface area contributed by atoms with Crippen LogP contribution in [0.25, 0.3) is 0 Å². The van der Waals surface area contributed by atoms with Gasteiger partial charge < -0.3 is 5.32 Å². The van der Waals surface area contributed by atoms with Crippen molar-refractivity contribution in [1.29, 1.82) is 0 Å². The quantitative estimate of drug-likeness (QED) is 0.815. The van der Waals surface area contributed by atoms with Gasteiger partial charge in [-0.1, -0.05) is 40.5 Å². The van der Waals surface area contributed by atoms with Gasteiger partial charge in [0.05, 0.1) is 0 Å². The Labute approximate surface area is 112 Å². The number of benzene rings is 1. The Bertz CT molecular complexity index is 373. The molecule has 1 rings (SSSR count). The van der Waals surface area contributed by atoms with E-state index in [1.165, 1.54) is 0 Å². The van der Waals surface area contributed by atoms with Gasteiger partial charge in [0.1, 0.15) is 0 Å². The summed E-state index contributed by atoms with van der Waals surface area (Å²) in [4.78, 5) is 0. The summed E-state index contributed by atoms with van der Waals surface area (Å²) in [7, 11) is -0.697. The zero-order chi connectivity index (χ0) is 12.0. The molecule has 0 amide bonds. The van der Waals surface area contributed by atoms with Crippen LogP contribution in [0.3, 0.4) is 0 Å². The molecule has 0 bridgehead atoms. The number of nitrogens with one attached hydrogen (secondary N) is 1. The van der Waals surface area contributed by atoms with Crippen LogP contribution < -0.4 is 5.32 Å². The SMILES string of the molecule is CCS(=O)CCNCc1ccc(Br)cc1Cl. The van der Waals surface area contributed by atoms with E-state index in [1.54, 1.807) is 0 Å². The second-order valence-corrected chi connectivity index (χ2v) is 6.53. The summed E-state index contributed by atoms with van der Waals surface area (Å²) in [6, 6.07) is 5.83. The van der Waals surface area contributed by atoms with E-state index in [2.05, 4.69) is 21.2 Å². The second kappa shape index (κ2) is 7.43. The Morgan fingerprint density at radius 1 is 1.50 bits per heavy atom. The van der Waals surface area contributed by atoms with Crippen molar-refractivity contribution in [2.45, 2.75) is 13.5 Å². The molecular formula is C11H15BrClNOS. The van der Waals surface area contributed by atoms with Crippen LogP contribution in [-0.4, -0.2) is 22.3 Å². The molecule has 1 aromatic carbocycles.